The van der Waals surface area contributed by atoms with Gasteiger partial charge in [0.25, 0.3) is 5.91 Å². The van der Waals surface area contributed by atoms with Crippen LogP contribution < -0.4 is 10.6 Å². The van der Waals surface area contributed by atoms with Crippen LogP contribution in [0, 0.1) is 17.8 Å². The Kier molecular flexibility index (Phi) is 5.51. The van der Waals surface area contributed by atoms with Gasteiger partial charge in [-0.15, -0.1) is 0 Å². The molecular formula is C26H32N2O2. The molecule has 4 heteroatoms. The highest BCUT2D eigenvalue weighted by atomic mass is 16.5. The maximum absolute atomic E-state index is 12.7. The summed E-state index contributed by atoms with van der Waals surface area (Å²) in [4.78, 5) is 12.7. The fourth-order valence-electron chi connectivity index (χ4n) is 6.24. The van der Waals surface area contributed by atoms with Gasteiger partial charge in [-0.1, -0.05) is 30.3 Å². The predicted molar refractivity (Wildman–Crippen MR) is 120 cm³/mol. The van der Waals surface area contributed by atoms with Gasteiger partial charge < -0.3 is 15.4 Å². The van der Waals surface area contributed by atoms with E-state index in [0.29, 0.717) is 31.0 Å². The smallest absolute Gasteiger partial charge is 0.251 e. The summed E-state index contributed by atoms with van der Waals surface area (Å²) in [5, 5.41) is 6.91. The Bertz CT molecular complexity index is 897. The molecule has 2 fully saturated rings. The minimum absolute atomic E-state index is 0.0270. The molecule has 5 rings (SSSR count). The average molecular weight is 405 g/mol. The molecule has 2 saturated carbocycles. The Morgan fingerprint density at radius 2 is 1.97 bits per heavy atom. The third-order valence-electron chi connectivity index (χ3n) is 7.46. The second-order valence-electron chi connectivity index (χ2n) is 9.08. The first-order valence-electron chi connectivity index (χ1n) is 11.6. The molecule has 0 unspecified atom stereocenters. The number of fused-ring (bicyclic) bond motifs is 7. The number of hydrogen-bond acceptors (Lipinski definition) is 3. The lowest BCUT2D eigenvalue weighted by Gasteiger charge is -2.43. The van der Waals surface area contributed by atoms with E-state index in [4.69, 9.17) is 4.74 Å². The molecule has 2 aromatic carbocycles. The standard InChI is InChI=1S/C26H32N2O2/c1-2-30-14-6-13-27-26(29)20-11-12-22-21(16-20)23-18-9-10-19(15-18)24(23)25(28-22)17-7-4-3-5-8-17/h3-5,7-8,11-12,16,18-19,23-25,28H,2,6,9-10,13-15H2,1H3,(H,27,29)/t18-,19-,23+,24-,25+/m0/s1. The van der Waals surface area contributed by atoms with E-state index in [1.54, 1.807) is 0 Å². The van der Waals surface area contributed by atoms with Crippen molar-refractivity contribution in [3.63, 3.8) is 0 Å². The van der Waals surface area contributed by atoms with Crippen molar-refractivity contribution in [1.82, 2.24) is 5.32 Å². The van der Waals surface area contributed by atoms with Crippen LogP contribution >= 0.6 is 0 Å². The van der Waals surface area contributed by atoms with Crippen LogP contribution in [0.15, 0.2) is 48.5 Å². The Balaban J connectivity index is 1.39. The number of carbonyl (C=O) groups is 1. The van der Waals surface area contributed by atoms with E-state index in [1.165, 1.54) is 36.1 Å². The molecule has 30 heavy (non-hydrogen) atoms. The number of hydrogen-bond donors (Lipinski definition) is 2. The summed E-state index contributed by atoms with van der Waals surface area (Å²) < 4.78 is 5.36. The predicted octanol–water partition coefficient (Wildman–Crippen LogP) is 5.14. The van der Waals surface area contributed by atoms with Gasteiger partial charge in [0.1, 0.15) is 0 Å². The molecule has 3 aliphatic rings. The number of carbonyl (C=O) groups excluding carboxylic acids is 1. The van der Waals surface area contributed by atoms with Crippen molar-refractivity contribution < 1.29 is 9.53 Å². The van der Waals surface area contributed by atoms with Gasteiger partial charge in [-0.25, -0.2) is 0 Å². The lowest BCUT2D eigenvalue weighted by Crippen LogP contribution is -2.35. The number of amides is 1. The third-order valence-corrected chi connectivity index (χ3v) is 7.46. The van der Waals surface area contributed by atoms with Crippen molar-refractivity contribution in [2.45, 2.75) is 44.6 Å². The highest BCUT2D eigenvalue weighted by Crippen LogP contribution is 2.63. The molecule has 2 aliphatic carbocycles. The number of nitrogens with one attached hydrogen (secondary N) is 2. The van der Waals surface area contributed by atoms with Gasteiger partial charge in [0.05, 0.1) is 6.04 Å². The molecule has 0 aromatic heterocycles. The minimum Gasteiger partial charge on any atom is -0.382 e. The summed E-state index contributed by atoms with van der Waals surface area (Å²) >= 11 is 0. The molecule has 0 saturated heterocycles. The van der Waals surface area contributed by atoms with Crippen molar-refractivity contribution in [3.8, 4) is 0 Å². The Morgan fingerprint density at radius 1 is 1.13 bits per heavy atom. The normalized spacial score (nSPS) is 28.5. The zero-order valence-corrected chi connectivity index (χ0v) is 17.8. The molecule has 2 bridgehead atoms. The van der Waals surface area contributed by atoms with E-state index in [9.17, 15) is 4.79 Å². The van der Waals surface area contributed by atoms with E-state index in [2.05, 4.69) is 53.1 Å². The summed E-state index contributed by atoms with van der Waals surface area (Å²) in [6.45, 7) is 4.06. The van der Waals surface area contributed by atoms with Crippen LogP contribution in [0.1, 0.15) is 66.1 Å². The number of anilines is 1. The van der Waals surface area contributed by atoms with Crippen LogP contribution in [-0.2, 0) is 4.74 Å². The van der Waals surface area contributed by atoms with Gasteiger partial charge in [0.15, 0.2) is 0 Å². The van der Waals surface area contributed by atoms with Gasteiger partial charge in [0, 0.05) is 31.0 Å². The quantitative estimate of drug-likeness (QED) is 0.628. The molecule has 1 aliphatic heterocycles. The lowest BCUT2D eigenvalue weighted by molar-refractivity contribution is 0.0944. The van der Waals surface area contributed by atoms with Crippen molar-refractivity contribution in [2.24, 2.45) is 17.8 Å². The zero-order valence-electron chi connectivity index (χ0n) is 17.8. The highest BCUT2D eigenvalue weighted by Gasteiger charge is 2.53. The zero-order chi connectivity index (χ0) is 20.5. The first-order valence-corrected chi connectivity index (χ1v) is 11.6. The Morgan fingerprint density at radius 3 is 2.80 bits per heavy atom. The van der Waals surface area contributed by atoms with Gasteiger partial charge in [0.2, 0.25) is 0 Å². The Labute approximate surface area is 179 Å². The molecule has 5 atom stereocenters. The van der Waals surface area contributed by atoms with Crippen molar-refractivity contribution >= 4 is 11.6 Å². The van der Waals surface area contributed by atoms with Crippen LogP contribution in [0.4, 0.5) is 5.69 Å². The average Bonchev–Trinajstić information content (AvgIpc) is 3.41. The maximum atomic E-state index is 12.7. The van der Waals surface area contributed by atoms with Crippen LogP contribution in [0.25, 0.3) is 0 Å². The van der Waals surface area contributed by atoms with E-state index in [-0.39, 0.29) is 5.91 Å². The molecule has 1 amide bonds. The number of ether oxygens (including phenoxy) is 1. The highest BCUT2D eigenvalue weighted by molar-refractivity contribution is 5.95. The second kappa shape index (κ2) is 8.43. The fourth-order valence-corrected chi connectivity index (χ4v) is 6.24. The molecule has 0 radical (unpaired) electrons. The van der Waals surface area contributed by atoms with E-state index >= 15 is 0 Å². The first-order chi connectivity index (χ1) is 14.8. The summed E-state index contributed by atoms with van der Waals surface area (Å²) in [5.41, 5.74) is 4.75. The molecule has 2 N–H and O–H groups in total. The van der Waals surface area contributed by atoms with E-state index in [1.807, 2.05) is 13.0 Å². The summed E-state index contributed by atoms with van der Waals surface area (Å²) in [5.74, 6) is 2.77. The Hall–Kier alpha value is -2.33. The fraction of sp³-hybridized carbons (Fsp3) is 0.500. The van der Waals surface area contributed by atoms with Gasteiger partial charge >= 0.3 is 0 Å². The molecule has 2 aromatic rings. The molecule has 4 nitrogen and oxygen atoms in total. The number of benzene rings is 2. The topological polar surface area (TPSA) is 50.4 Å². The summed E-state index contributed by atoms with van der Waals surface area (Å²) in [6.07, 6.45) is 4.87. The summed E-state index contributed by atoms with van der Waals surface area (Å²) in [6, 6.07) is 17.5. The van der Waals surface area contributed by atoms with Crippen LogP contribution in [0.5, 0.6) is 0 Å². The first kappa shape index (κ1) is 19.6. The van der Waals surface area contributed by atoms with Crippen LogP contribution in [0.3, 0.4) is 0 Å². The molecule has 158 valence electrons. The SMILES string of the molecule is CCOCCCNC(=O)c1ccc2c(c1)[C@H]1[C@H]3CC[C@@H](C3)[C@@H]1[C@@H](c1ccccc1)N2. The minimum atomic E-state index is 0.0270. The maximum Gasteiger partial charge on any atom is 0.251 e. The van der Waals surface area contributed by atoms with Crippen molar-refractivity contribution in [1.29, 1.82) is 0 Å². The monoisotopic (exact) mass is 404 g/mol. The molecular weight excluding hydrogens is 372 g/mol. The van der Waals surface area contributed by atoms with E-state index < -0.39 is 0 Å². The van der Waals surface area contributed by atoms with Crippen LogP contribution in [-0.4, -0.2) is 25.7 Å². The van der Waals surface area contributed by atoms with E-state index in [0.717, 1.165) is 30.4 Å². The van der Waals surface area contributed by atoms with Gasteiger partial charge in [-0.05, 0) is 85.6 Å². The van der Waals surface area contributed by atoms with Crippen molar-refractivity contribution in [2.75, 3.05) is 25.1 Å². The van der Waals surface area contributed by atoms with Gasteiger partial charge in [-0.2, -0.15) is 0 Å². The number of rotatable bonds is 7. The molecule has 0 spiro atoms. The third kappa shape index (κ3) is 3.51. The summed E-state index contributed by atoms with van der Waals surface area (Å²) in [7, 11) is 0. The van der Waals surface area contributed by atoms with Crippen LogP contribution in [0.2, 0.25) is 0 Å². The molecule has 1 heterocycles. The van der Waals surface area contributed by atoms with Gasteiger partial charge in [-0.3, -0.25) is 4.79 Å². The lowest BCUT2D eigenvalue weighted by atomic mass is 9.68. The largest absolute Gasteiger partial charge is 0.382 e. The van der Waals surface area contributed by atoms with Crippen molar-refractivity contribution in [3.05, 3.63) is 65.2 Å². The second-order valence-corrected chi connectivity index (χ2v) is 9.08.